The summed E-state index contributed by atoms with van der Waals surface area (Å²) in [6.45, 7) is 3.30. The van der Waals surface area contributed by atoms with Gasteiger partial charge in [0.05, 0.1) is 31.2 Å². The van der Waals surface area contributed by atoms with Crippen LogP contribution >= 0.6 is 46.4 Å². The number of hydrogen-bond acceptors (Lipinski definition) is 5. The van der Waals surface area contributed by atoms with Gasteiger partial charge in [-0.15, -0.1) is 0 Å². The predicted molar refractivity (Wildman–Crippen MR) is 136 cm³/mol. The third-order valence-electron chi connectivity index (χ3n) is 5.54. The van der Waals surface area contributed by atoms with Crippen LogP contribution in [0.5, 0.6) is 0 Å². The fraction of sp³-hybridized carbons (Fsp3) is 0.333. The molecule has 1 aliphatic heterocycles. The van der Waals surface area contributed by atoms with E-state index in [0.717, 1.165) is 16.9 Å². The summed E-state index contributed by atoms with van der Waals surface area (Å²) < 4.78 is 5.18. The molecule has 3 rings (SSSR count). The highest BCUT2D eigenvalue weighted by Crippen LogP contribution is 2.45. The lowest BCUT2D eigenvalue weighted by molar-refractivity contribution is -0.151. The van der Waals surface area contributed by atoms with Crippen molar-refractivity contribution in [1.29, 1.82) is 0 Å². The maximum absolute atomic E-state index is 13.2. The molecule has 35 heavy (non-hydrogen) atoms. The van der Waals surface area contributed by atoms with Gasteiger partial charge in [-0.1, -0.05) is 85.2 Å². The first-order valence-electron chi connectivity index (χ1n) is 10.9. The molecule has 0 bridgehead atoms. The minimum atomic E-state index is -1.29. The summed E-state index contributed by atoms with van der Waals surface area (Å²) in [5.41, 5.74) is 1.21. The molecule has 0 saturated carbocycles. The molecule has 0 aromatic heterocycles. The number of nitrogens with zero attached hydrogens (tertiary/aromatic N) is 1. The van der Waals surface area contributed by atoms with E-state index in [2.05, 4.69) is 5.32 Å². The van der Waals surface area contributed by atoms with Gasteiger partial charge in [-0.3, -0.25) is 19.3 Å². The van der Waals surface area contributed by atoms with E-state index in [1.54, 1.807) is 12.1 Å². The number of unbranched alkanes of at least 4 members (excludes halogenated alkanes) is 1. The van der Waals surface area contributed by atoms with Crippen molar-refractivity contribution in [2.45, 2.75) is 45.6 Å². The van der Waals surface area contributed by atoms with Crippen molar-refractivity contribution in [3.8, 4) is 0 Å². The van der Waals surface area contributed by atoms with E-state index in [4.69, 9.17) is 51.1 Å². The lowest BCUT2D eigenvalue weighted by Gasteiger charge is -2.24. The Balaban J connectivity index is 1.78. The summed E-state index contributed by atoms with van der Waals surface area (Å²) in [5.74, 6) is -3.15. The molecule has 1 heterocycles. The van der Waals surface area contributed by atoms with E-state index >= 15 is 0 Å². The molecular formula is C24H22Cl4N2O5. The van der Waals surface area contributed by atoms with Gasteiger partial charge in [-0.05, 0) is 30.5 Å². The molecule has 2 aromatic rings. The number of aryl methyl sites for hydroxylation is 1. The van der Waals surface area contributed by atoms with Crippen molar-refractivity contribution in [1.82, 2.24) is 4.90 Å². The zero-order chi connectivity index (χ0) is 25.9. The van der Waals surface area contributed by atoms with Gasteiger partial charge in [-0.2, -0.15) is 0 Å². The Hall–Kier alpha value is -2.32. The first-order chi connectivity index (χ1) is 16.6. The van der Waals surface area contributed by atoms with Gasteiger partial charge >= 0.3 is 5.97 Å². The number of anilines is 1. The first-order valence-corrected chi connectivity index (χ1v) is 12.4. The summed E-state index contributed by atoms with van der Waals surface area (Å²) in [5, 5.41) is 1.83. The van der Waals surface area contributed by atoms with Crippen LogP contribution in [0.4, 0.5) is 5.69 Å². The van der Waals surface area contributed by atoms with E-state index < -0.39 is 36.3 Å². The Bertz CT molecular complexity index is 1140. The lowest BCUT2D eigenvalue weighted by atomic mass is 10.1. The van der Waals surface area contributed by atoms with Crippen molar-refractivity contribution >= 4 is 75.8 Å². The van der Waals surface area contributed by atoms with Crippen LogP contribution in [0.15, 0.2) is 24.3 Å². The molecule has 2 aromatic carbocycles. The van der Waals surface area contributed by atoms with E-state index in [-0.39, 0.29) is 37.6 Å². The number of hydrogen-bond donors (Lipinski definition) is 1. The second-order valence-electron chi connectivity index (χ2n) is 7.85. The number of carbonyl (C=O) groups is 4. The van der Waals surface area contributed by atoms with Crippen LogP contribution in [0.2, 0.25) is 20.1 Å². The van der Waals surface area contributed by atoms with Gasteiger partial charge < -0.3 is 10.1 Å². The zero-order valence-corrected chi connectivity index (χ0v) is 21.9. The van der Waals surface area contributed by atoms with Crippen LogP contribution in [0.1, 0.15) is 59.4 Å². The van der Waals surface area contributed by atoms with Gasteiger partial charge in [-0.25, -0.2) is 4.79 Å². The number of nitrogens with one attached hydrogen (secondary N) is 1. The monoisotopic (exact) mass is 558 g/mol. The molecule has 7 nitrogen and oxygen atoms in total. The number of imide groups is 1. The average molecular weight is 560 g/mol. The summed E-state index contributed by atoms with van der Waals surface area (Å²) in [6.07, 6.45) is 2.17. The van der Waals surface area contributed by atoms with Crippen LogP contribution in [-0.2, 0) is 20.7 Å². The highest BCUT2D eigenvalue weighted by molar-refractivity contribution is 6.55. The summed E-state index contributed by atoms with van der Waals surface area (Å²) in [6, 6.07) is 5.94. The van der Waals surface area contributed by atoms with Crippen molar-refractivity contribution in [2.75, 3.05) is 11.9 Å². The minimum absolute atomic E-state index is 0.123. The number of carbonyl (C=O) groups excluding carboxylic acids is 4. The fourth-order valence-corrected chi connectivity index (χ4v) is 4.67. The number of halogens is 4. The molecule has 0 radical (unpaired) electrons. The third kappa shape index (κ3) is 5.59. The average Bonchev–Trinajstić information content (AvgIpc) is 3.11. The van der Waals surface area contributed by atoms with E-state index in [9.17, 15) is 19.2 Å². The summed E-state index contributed by atoms with van der Waals surface area (Å²) in [7, 11) is 0. The Morgan fingerprint density at radius 3 is 1.94 bits per heavy atom. The predicted octanol–water partition coefficient (Wildman–Crippen LogP) is 6.20. The number of rotatable bonds is 9. The summed E-state index contributed by atoms with van der Waals surface area (Å²) >= 11 is 24.5. The number of amides is 3. The molecule has 0 saturated heterocycles. The molecule has 1 atom stereocenters. The second-order valence-corrected chi connectivity index (χ2v) is 9.36. The quantitative estimate of drug-likeness (QED) is 0.171. The van der Waals surface area contributed by atoms with Crippen molar-refractivity contribution in [2.24, 2.45) is 0 Å². The van der Waals surface area contributed by atoms with Gasteiger partial charge in [0.15, 0.2) is 6.61 Å². The van der Waals surface area contributed by atoms with Crippen molar-refractivity contribution < 1.29 is 23.9 Å². The smallest absolute Gasteiger partial charge is 0.329 e. The molecule has 0 fully saturated rings. The molecule has 1 N–H and O–H groups in total. The lowest BCUT2D eigenvalue weighted by Crippen LogP contribution is -2.46. The number of ether oxygens (including phenoxy) is 1. The van der Waals surface area contributed by atoms with Gasteiger partial charge in [0, 0.05) is 5.69 Å². The standard InChI is InChI=1S/C24H22Cl4N2O5/c1-3-5-6-14(24(34)35-11-15(31)29-13-9-7-12(4-2)8-10-13)30-22(32)16-17(23(30)33)19(26)21(28)20(27)18(16)25/h7-10,14H,3-6,11H2,1-2H3,(H,29,31)/t14-/m0/s1. The Kier molecular flexibility index (Phi) is 9.05. The van der Waals surface area contributed by atoms with Crippen LogP contribution in [0.3, 0.4) is 0 Å². The molecule has 1 aliphatic rings. The maximum atomic E-state index is 13.2. The Morgan fingerprint density at radius 1 is 0.914 bits per heavy atom. The largest absolute Gasteiger partial charge is 0.454 e. The van der Waals surface area contributed by atoms with Gasteiger partial charge in [0.25, 0.3) is 17.7 Å². The van der Waals surface area contributed by atoms with Crippen LogP contribution in [0.25, 0.3) is 0 Å². The van der Waals surface area contributed by atoms with E-state index in [1.807, 2.05) is 26.0 Å². The molecule has 11 heteroatoms. The number of esters is 1. The normalized spacial score (nSPS) is 13.6. The highest BCUT2D eigenvalue weighted by Gasteiger charge is 2.47. The molecule has 3 amide bonds. The topological polar surface area (TPSA) is 92.8 Å². The number of fused-ring (bicyclic) bond motifs is 1. The minimum Gasteiger partial charge on any atom is -0.454 e. The molecule has 0 unspecified atom stereocenters. The first kappa shape index (κ1) is 27.3. The van der Waals surface area contributed by atoms with Crippen molar-refractivity contribution in [3.05, 3.63) is 61.0 Å². The van der Waals surface area contributed by atoms with E-state index in [1.165, 1.54) is 0 Å². The van der Waals surface area contributed by atoms with Crippen molar-refractivity contribution in [3.63, 3.8) is 0 Å². The molecule has 0 aliphatic carbocycles. The van der Waals surface area contributed by atoms with Crippen LogP contribution < -0.4 is 5.32 Å². The third-order valence-corrected chi connectivity index (χ3v) is 7.34. The second kappa shape index (κ2) is 11.6. The maximum Gasteiger partial charge on any atom is 0.329 e. The SMILES string of the molecule is CCCC[C@@H](C(=O)OCC(=O)Nc1ccc(CC)cc1)N1C(=O)c2c(Cl)c(Cl)c(Cl)c(Cl)c2C1=O. The highest BCUT2D eigenvalue weighted by atomic mass is 35.5. The number of benzene rings is 2. The van der Waals surface area contributed by atoms with Crippen LogP contribution in [-0.4, -0.2) is 41.2 Å². The molecular weight excluding hydrogens is 538 g/mol. The Morgan fingerprint density at radius 2 is 1.46 bits per heavy atom. The Labute approximate surface area is 222 Å². The summed E-state index contributed by atoms with van der Waals surface area (Å²) in [4.78, 5) is 52.3. The molecule has 186 valence electrons. The van der Waals surface area contributed by atoms with Crippen LogP contribution in [0, 0.1) is 0 Å². The van der Waals surface area contributed by atoms with E-state index in [0.29, 0.717) is 18.5 Å². The zero-order valence-electron chi connectivity index (χ0n) is 18.9. The van der Waals surface area contributed by atoms with Gasteiger partial charge in [0.2, 0.25) is 0 Å². The fourth-order valence-electron chi connectivity index (χ4n) is 3.65. The molecule has 0 spiro atoms. The van der Waals surface area contributed by atoms with Gasteiger partial charge in [0.1, 0.15) is 6.04 Å².